The van der Waals surface area contributed by atoms with Gasteiger partial charge >= 0.3 is 0 Å². The number of nitrogens with one attached hydrogen (secondary N) is 2. The maximum atomic E-state index is 12.3. The lowest BCUT2D eigenvalue weighted by molar-refractivity contribution is 0.102. The summed E-state index contributed by atoms with van der Waals surface area (Å²) in [5.74, 6) is 5.69. The van der Waals surface area contributed by atoms with Gasteiger partial charge in [-0.25, -0.2) is 10.8 Å². The molecule has 0 saturated heterocycles. The molecule has 0 fully saturated rings. The number of hydrogen-bond acceptors (Lipinski definition) is 7. The SMILES string of the molecule is Cn1nnc(NC(=O)c2cnc(NN)c3ccccc23)n1. The summed E-state index contributed by atoms with van der Waals surface area (Å²) < 4.78 is 0. The lowest BCUT2D eigenvalue weighted by atomic mass is 10.1. The van der Waals surface area contributed by atoms with Crippen LogP contribution >= 0.6 is 0 Å². The van der Waals surface area contributed by atoms with Crippen LogP contribution in [0.25, 0.3) is 10.8 Å². The number of amides is 1. The van der Waals surface area contributed by atoms with Crippen molar-refractivity contribution in [3.05, 3.63) is 36.0 Å². The minimum absolute atomic E-state index is 0.132. The van der Waals surface area contributed by atoms with Crippen LogP contribution in [0, 0.1) is 0 Å². The number of rotatable bonds is 3. The van der Waals surface area contributed by atoms with E-state index in [1.807, 2.05) is 24.3 Å². The number of fused-ring (bicyclic) bond motifs is 1. The van der Waals surface area contributed by atoms with Gasteiger partial charge in [-0.2, -0.15) is 4.80 Å². The summed E-state index contributed by atoms with van der Waals surface area (Å²) in [5.41, 5.74) is 2.91. The van der Waals surface area contributed by atoms with Crippen molar-refractivity contribution < 1.29 is 4.79 Å². The van der Waals surface area contributed by atoms with Gasteiger partial charge in [0.15, 0.2) is 0 Å². The minimum Gasteiger partial charge on any atom is -0.308 e. The van der Waals surface area contributed by atoms with Crippen LogP contribution in [-0.4, -0.2) is 31.1 Å². The monoisotopic (exact) mass is 284 g/mol. The summed E-state index contributed by atoms with van der Waals surface area (Å²) in [6, 6.07) is 7.32. The van der Waals surface area contributed by atoms with Gasteiger partial charge in [-0.3, -0.25) is 10.1 Å². The number of aromatic nitrogens is 5. The Bertz CT molecular complexity index is 812. The summed E-state index contributed by atoms with van der Waals surface area (Å²) in [6.45, 7) is 0. The van der Waals surface area contributed by atoms with Crippen LogP contribution in [0.3, 0.4) is 0 Å². The second-order valence-electron chi connectivity index (χ2n) is 4.27. The summed E-state index contributed by atoms with van der Waals surface area (Å²) in [5, 5.41) is 15.3. The molecule has 0 aliphatic carbocycles. The van der Waals surface area contributed by atoms with Gasteiger partial charge in [0.05, 0.1) is 12.6 Å². The normalized spacial score (nSPS) is 10.6. The molecule has 4 N–H and O–H groups in total. The number of aryl methyl sites for hydroxylation is 1. The number of carbonyl (C=O) groups excluding carboxylic acids is 1. The third-order valence-corrected chi connectivity index (χ3v) is 2.91. The van der Waals surface area contributed by atoms with E-state index in [1.165, 1.54) is 11.0 Å². The second kappa shape index (κ2) is 5.13. The maximum Gasteiger partial charge on any atom is 0.270 e. The van der Waals surface area contributed by atoms with E-state index in [2.05, 4.69) is 31.1 Å². The number of pyridine rings is 1. The lowest BCUT2D eigenvalue weighted by Gasteiger charge is -2.08. The zero-order valence-corrected chi connectivity index (χ0v) is 11.1. The van der Waals surface area contributed by atoms with Crippen molar-refractivity contribution in [2.24, 2.45) is 12.9 Å². The van der Waals surface area contributed by atoms with Crippen molar-refractivity contribution in [2.75, 3.05) is 10.7 Å². The minimum atomic E-state index is -0.365. The average molecular weight is 284 g/mol. The molecule has 0 aliphatic rings. The molecule has 9 nitrogen and oxygen atoms in total. The topological polar surface area (TPSA) is 124 Å². The molecule has 0 atom stereocenters. The van der Waals surface area contributed by atoms with E-state index in [1.54, 1.807) is 7.05 Å². The van der Waals surface area contributed by atoms with Gasteiger partial charge in [-0.05, 0) is 10.6 Å². The highest BCUT2D eigenvalue weighted by Crippen LogP contribution is 2.24. The number of hydrogen-bond donors (Lipinski definition) is 3. The first-order chi connectivity index (χ1) is 10.2. The van der Waals surface area contributed by atoms with E-state index < -0.39 is 0 Å². The molecule has 0 spiro atoms. The Morgan fingerprint density at radius 2 is 2.05 bits per heavy atom. The largest absolute Gasteiger partial charge is 0.308 e. The number of nitrogen functional groups attached to an aromatic ring is 1. The van der Waals surface area contributed by atoms with Crippen LogP contribution in [0.2, 0.25) is 0 Å². The number of nitrogens with two attached hydrogens (primary N) is 1. The highest BCUT2D eigenvalue weighted by Gasteiger charge is 2.15. The van der Waals surface area contributed by atoms with Crippen LogP contribution in [-0.2, 0) is 7.05 Å². The predicted octanol–water partition coefficient (Wildman–Crippen LogP) is 0.296. The fourth-order valence-corrected chi connectivity index (χ4v) is 1.99. The van der Waals surface area contributed by atoms with E-state index >= 15 is 0 Å². The summed E-state index contributed by atoms with van der Waals surface area (Å²) in [4.78, 5) is 17.7. The average Bonchev–Trinajstić information content (AvgIpc) is 2.91. The number of benzene rings is 1. The zero-order valence-electron chi connectivity index (χ0n) is 11.1. The molecule has 21 heavy (non-hydrogen) atoms. The number of tetrazole rings is 1. The van der Waals surface area contributed by atoms with Crippen molar-refractivity contribution >= 4 is 28.4 Å². The molecule has 3 rings (SSSR count). The molecule has 9 heteroatoms. The van der Waals surface area contributed by atoms with Crippen LogP contribution < -0.4 is 16.6 Å². The molecule has 1 aromatic carbocycles. The Hall–Kier alpha value is -3.07. The number of hydrazine groups is 1. The summed E-state index contributed by atoms with van der Waals surface area (Å²) >= 11 is 0. The van der Waals surface area contributed by atoms with Crippen molar-refractivity contribution in [2.45, 2.75) is 0 Å². The molecule has 2 aromatic heterocycles. The standard InChI is InChI=1S/C12H12N8O/c1-20-18-12(17-19-20)15-11(21)9-6-14-10(16-13)8-5-3-2-4-7(8)9/h2-6H,13H2,1H3,(H,14,16)(H,15,18,21). The zero-order chi connectivity index (χ0) is 14.8. The molecule has 0 aliphatic heterocycles. The first-order valence-corrected chi connectivity index (χ1v) is 6.09. The van der Waals surface area contributed by atoms with E-state index in [0.29, 0.717) is 11.4 Å². The molecule has 0 unspecified atom stereocenters. The fourth-order valence-electron chi connectivity index (χ4n) is 1.99. The highest BCUT2D eigenvalue weighted by molar-refractivity contribution is 6.13. The maximum absolute atomic E-state index is 12.3. The first kappa shape index (κ1) is 12.9. The lowest BCUT2D eigenvalue weighted by Crippen LogP contribution is -2.15. The smallest absolute Gasteiger partial charge is 0.270 e. The van der Waals surface area contributed by atoms with E-state index in [9.17, 15) is 4.79 Å². The molecule has 2 heterocycles. The third-order valence-electron chi connectivity index (χ3n) is 2.91. The van der Waals surface area contributed by atoms with Gasteiger partial charge in [0.2, 0.25) is 0 Å². The Kier molecular flexibility index (Phi) is 3.16. The van der Waals surface area contributed by atoms with Crippen LogP contribution in [0.5, 0.6) is 0 Å². The van der Waals surface area contributed by atoms with Crippen LogP contribution in [0.4, 0.5) is 11.8 Å². The van der Waals surface area contributed by atoms with Crippen molar-refractivity contribution in [1.29, 1.82) is 0 Å². The molecule has 3 aromatic rings. The molecular weight excluding hydrogens is 272 g/mol. The van der Waals surface area contributed by atoms with Crippen molar-refractivity contribution in [1.82, 2.24) is 25.2 Å². The quantitative estimate of drug-likeness (QED) is 0.466. The van der Waals surface area contributed by atoms with Gasteiger partial charge in [0.25, 0.3) is 11.9 Å². The number of carbonyl (C=O) groups is 1. The third kappa shape index (κ3) is 2.37. The highest BCUT2D eigenvalue weighted by atomic mass is 16.1. The van der Waals surface area contributed by atoms with Gasteiger partial charge < -0.3 is 5.43 Å². The Labute approximate surface area is 119 Å². The van der Waals surface area contributed by atoms with Crippen LogP contribution in [0.15, 0.2) is 30.5 Å². The fraction of sp³-hybridized carbons (Fsp3) is 0.0833. The first-order valence-electron chi connectivity index (χ1n) is 6.09. The second-order valence-corrected chi connectivity index (χ2v) is 4.27. The van der Waals surface area contributed by atoms with Gasteiger partial charge in [0.1, 0.15) is 5.82 Å². The summed E-state index contributed by atoms with van der Waals surface area (Å²) in [7, 11) is 1.61. The van der Waals surface area contributed by atoms with Gasteiger partial charge in [0, 0.05) is 11.6 Å². The van der Waals surface area contributed by atoms with Gasteiger partial charge in [-0.1, -0.05) is 29.4 Å². The molecule has 106 valence electrons. The summed E-state index contributed by atoms with van der Waals surface area (Å²) in [6.07, 6.45) is 1.45. The van der Waals surface area contributed by atoms with E-state index in [4.69, 9.17) is 5.84 Å². The van der Waals surface area contributed by atoms with E-state index in [-0.39, 0.29) is 11.9 Å². The Morgan fingerprint density at radius 3 is 2.71 bits per heavy atom. The van der Waals surface area contributed by atoms with Gasteiger partial charge in [-0.15, -0.1) is 5.10 Å². The Morgan fingerprint density at radius 1 is 1.29 bits per heavy atom. The van der Waals surface area contributed by atoms with Crippen LogP contribution in [0.1, 0.15) is 10.4 Å². The molecule has 0 saturated carbocycles. The number of nitrogens with zero attached hydrogens (tertiary/aromatic N) is 5. The van der Waals surface area contributed by atoms with Crippen molar-refractivity contribution in [3.63, 3.8) is 0 Å². The number of anilines is 2. The van der Waals surface area contributed by atoms with Crippen molar-refractivity contribution in [3.8, 4) is 0 Å². The molecule has 1 amide bonds. The predicted molar refractivity (Wildman–Crippen MR) is 76.3 cm³/mol. The Balaban J connectivity index is 2.02. The molecular formula is C12H12N8O. The molecule has 0 radical (unpaired) electrons. The molecule has 0 bridgehead atoms. The van der Waals surface area contributed by atoms with E-state index in [0.717, 1.165) is 10.8 Å².